The molecule has 1 aromatic heterocycles. The van der Waals surface area contributed by atoms with Gasteiger partial charge in [0.25, 0.3) is 0 Å². The van der Waals surface area contributed by atoms with E-state index in [9.17, 15) is 14.0 Å². The lowest BCUT2D eigenvalue weighted by molar-refractivity contribution is -0.118. The average Bonchev–Trinajstić information content (AvgIpc) is 2.83. The van der Waals surface area contributed by atoms with E-state index in [1.54, 1.807) is 42.6 Å². The van der Waals surface area contributed by atoms with E-state index in [1.807, 2.05) is 25.1 Å². The van der Waals surface area contributed by atoms with Gasteiger partial charge >= 0.3 is 6.03 Å². The summed E-state index contributed by atoms with van der Waals surface area (Å²) < 4.78 is 18.8. The highest BCUT2D eigenvalue weighted by atomic mass is 19.1. The highest BCUT2D eigenvalue weighted by molar-refractivity contribution is 5.97. The number of ether oxygens (including phenoxy) is 1. The van der Waals surface area contributed by atoms with Crippen LogP contribution in [0.3, 0.4) is 0 Å². The Labute approximate surface area is 192 Å². The van der Waals surface area contributed by atoms with Crippen LogP contribution in [0.5, 0.6) is 5.75 Å². The number of hydrogen-bond donors (Lipinski definition) is 3. The van der Waals surface area contributed by atoms with Crippen molar-refractivity contribution in [3.05, 3.63) is 90.0 Å². The van der Waals surface area contributed by atoms with Crippen LogP contribution >= 0.6 is 0 Å². The van der Waals surface area contributed by atoms with Crippen molar-refractivity contribution >= 4 is 17.6 Å². The predicted octanol–water partition coefficient (Wildman–Crippen LogP) is 4.41. The van der Waals surface area contributed by atoms with Crippen LogP contribution < -0.4 is 20.7 Å². The Kier molecular flexibility index (Phi) is 8.76. The Hall–Kier alpha value is -3.94. The maximum atomic E-state index is 13.0. The van der Waals surface area contributed by atoms with E-state index in [-0.39, 0.29) is 18.3 Å². The zero-order valence-electron chi connectivity index (χ0n) is 18.4. The minimum absolute atomic E-state index is 0.224. The van der Waals surface area contributed by atoms with Gasteiger partial charge in [-0.25, -0.2) is 9.18 Å². The minimum atomic E-state index is -0.707. The van der Waals surface area contributed by atoms with Crippen LogP contribution in [0.25, 0.3) is 0 Å². The van der Waals surface area contributed by atoms with Gasteiger partial charge in [-0.2, -0.15) is 0 Å². The highest BCUT2D eigenvalue weighted by Gasteiger charge is 2.20. The lowest BCUT2D eigenvalue weighted by Gasteiger charge is -2.18. The third-order valence-electron chi connectivity index (χ3n) is 4.78. The molecular formula is C25H27FN4O3. The van der Waals surface area contributed by atoms with E-state index in [4.69, 9.17) is 4.74 Å². The number of amides is 3. The molecule has 1 atom stereocenters. The number of benzene rings is 2. The fourth-order valence-corrected chi connectivity index (χ4v) is 3.09. The van der Waals surface area contributed by atoms with Crippen molar-refractivity contribution in [3.8, 4) is 5.75 Å². The topological polar surface area (TPSA) is 92.4 Å². The summed E-state index contributed by atoms with van der Waals surface area (Å²) in [6.07, 6.45) is 2.89. The number of rotatable bonds is 10. The van der Waals surface area contributed by atoms with Crippen LogP contribution in [0.4, 0.5) is 14.9 Å². The smallest absolute Gasteiger partial charge is 0.315 e. The van der Waals surface area contributed by atoms with Crippen LogP contribution in [0.1, 0.15) is 31.0 Å². The molecule has 2 aromatic carbocycles. The molecule has 0 aliphatic heterocycles. The maximum absolute atomic E-state index is 13.0. The van der Waals surface area contributed by atoms with Crippen molar-refractivity contribution in [1.82, 2.24) is 15.6 Å². The summed E-state index contributed by atoms with van der Waals surface area (Å²) in [4.78, 5) is 29.3. The van der Waals surface area contributed by atoms with Crippen molar-refractivity contribution < 1.29 is 18.7 Å². The van der Waals surface area contributed by atoms with Crippen LogP contribution in [0.15, 0.2) is 72.9 Å². The summed E-state index contributed by atoms with van der Waals surface area (Å²) in [7, 11) is 0. The Morgan fingerprint density at radius 1 is 1.06 bits per heavy atom. The first-order valence-corrected chi connectivity index (χ1v) is 10.8. The van der Waals surface area contributed by atoms with Gasteiger partial charge in [-0.3, -0.25) is 9.78 Å². The first kappa shape index (κ1) is 23.7. The molecule has 7 nitrogen and oxygen atoms in total. The quantitative estimate of drug-likeness (QED) is 0.427. The summed E-state index contributed by atoms with van der Waals surface area (Å²) in [6, 6.07) is 17.3. The molecule has 0 aliphatic carbocycles. The minimum Gasteiger partial charge on any atom is -0.487 e. The monoisotopic (exact) mass is 450 g/mol. The Morgan fingerprint density at radius 2 is 1.88 bits per heavy atom. The first-order chi connectivity index (χ1) is 16.0. The Balaban J connectivity index is 1.53. The Bertz CT molecular complexity index is 1050. The normalized spacial score (nSPS) is 11.3. The molecule has 3 aromatic rings. The number of hydrogen-bond acceptors (Lipinski definition) is 4. The van der Waals surface area contributed by atoms with E-state index < -0.39 is 12.1 Å². The molecule has 0 bridgehead atoms. The van der Waals surface area contributed by atoms with E-state index >= 15 is 0 Å². The van der Waals surface area contributed by atoms with E-state index in [0.29, 0.717) is 30.9 Å². The molecule has 0 radical (unpaired) electrons. The van der Waals surface area contributed by atoms with Crippen molar-refractivity contribution in [2.45, 2.75) is 39.0 Å². The van der Waals surface area contributed by atoms with Gasteiger partial charge in [0, 0.05) is 24.5 Å². The second-order valence-corrected chi connectivity index (χ2v) is 7.42. The summed E-state index contributed by atoms with van der Waals surface area (Å²) in [6.45, 7) is 2.47. The number of nitrogens with zero attached hydrogens (tertiary/aromatic N) is 1. The number of pyridine rings is 1. The van der Waals surface area contributed by atoms with Gasteiger partial charge in [-0.05, 0) is 48.4 Å². The fraction of sp³-hybridized carbons (Fsp3) is 0.240. The number of anilines is 1. The zero-order valence-corrected chi connectivity index (χ0v) is 18.4. The number of carbonyl (C=O) groups excluding carboxylic acids is 2. The molecule has 3 N–H and O–H groups in total. The van der Waals surface area contributed by atoms with Crippen molar-refractivity contribution in [2.24, 2.45) is 0 Å². The number of aromatic nitrogens is 1. The summed E-state index contributed by atoms with van der Waals surface area (Å²) in [5.74, 6) is -0.0692. The molecule has 0 saturated heterocycles. The fourth-order valence-electron chi connectivity index (χ4n) is 3.09. The van der Waals surface area contributed by atoms with E-state index in [1.165, 1.54) is 12.1 Å². The van der Waals surface area contributed by atoms with Crippen molar-refractivity contribution in [1.29, 1.82) is 0 Å². The number of carbonyl (C=O) groups is 2. The zero-order chi connectivity index (χ0) is 23.5. The van der Waals surface area contributed by atoms with Crippen LogP contribution in [-0.4, -0.2) is 23.0 Å². The predicted molar refractivity (Wildman–Crippen MR) is 124 cm³/mol. The van der Waals surface area contributed by atoms with Gasteiger partial charge in [-0.1, -0.05) is 37.6 Å². The van der Waals surface area contributed by atoms with E-state index in [0.717, 1.165) is 11.3 Å². The standard InChI is InChI=1S/C25H27FN4O3/c1-2-6-23(30-25(32)28-16-18-10-12-19(26)13-11-18)24(31)29-20-8-5-9-22(15-20)33-17-21-7-3-4-14-27-21/h3-5,7-15,23H,2,6,16-17H2,1H3,(H,29,31)(H2,28,30,32). The molecule has 8 heteroatoms. The third kappa shape index (κ3) is 7.92. The summed E-state index contributed by atoms with van der Waals surface area (Å²) in [5, 5.41) is 8.23. The number of nitrogens with one attached hydrogen (secondary N) is 3. The van der Waals surface area contributed by atoms with Crippen molar-refractivity contribution in [2.75, 3.05) is 5.32 Å². The van der Waals surface area contributed by atoms with Crippen LogP contribution in [0.2, 0.25) is 0 Å². The molecule has 0 fully saturated rings. The maximum Gasteiger partial charge on any atom is 0.315 e. The molecular weight excluding hydrogens is 423 g/mol. The molecule has 172 valence electrons. The van der Waals surface area contributed by atoms with Gasteiger partial charge in [0.15, 0.2) is 0 Å². The number of urea groups is 1. The van der Waals surface area contributed by atoms with Gasteiger partial charge in [0.1, 0.15) is 24.2 Å². The first-order valence-electron chi connectivity index (χ1n) is 10.8. The van der Waals surface area contributed by atoms with Gasteiger partial charge in [0.2, 0.25) is 5.91 Å². The molecule has 3 amide bonds. The second kappa shape index (κ2) is 12.2. The Morgan fingerprint density at radius 3 is 2.61 bits per heavy atom. The summed E-state index contributed by atoms with van der Waals surface area (Å²) >= 11 is 0. The van der Waals surface area contributed by atoms with Crippen molar-refractivity contribution in [3.63, 3.8) is 0 Å². The van der Waals surface area contributed by atoms with Gasteiger partial charge < -0.3 is 20.7 Å². The van der Waals surface area contributed by atoms with Crippen LogP contribution in [0, 0.1) is 5.82 Å². The summed E-state index contributed by atoms with van der Waals surface area (Å²) in [5.41, 5.74) is 2.12. The third-order valence-corrected chi connectivity index (χ3v) is 4.78. The average molecular weight is 451 g/mol. The molecule has 33 heavy (non-hydrogen) atoms. The largest absolute Gasteiger partial charge is 0.487 e. The molecule has 1 heterocycles. The second-order valence-electron chi connectivity index (χ2n) is 7.42. The molecule has 0 spiro atoms. The molecule has 0 saturated carbocycles. The highest BCUT2D eigenvalue weighted by Crippen LogP contribution is 2.19. The molecule has 0 aliphatic rings. The van der Waals surface area contributed by atoms with Gasteiger partial charge in [-0.15, -0.1) is 0 Å². The lowest BCUT2D eigenvalue weighted by atomic mass is 10.1. The molecule has 1 unspecified atom stereocenters. The SMILES string of the molecule is CCCC(NC(=O)NCc1ccc(F)cc1)C(=O)Nc1cccc(OCc2ccccn2)c1. The number of halogens is 1. The van der Waals surface area contributed by atoms with Gasteiger partial charge in [0.05, 0.1) is 5.69 Å². The lowest BCUT2D eigenvalue weighted by Crippen LogP contribution is -2.47. The van der Waals surface area contributed by atoms with Crippen LogP contribution in [-0.2, 0) is 17.9 Å². The van der Waals surface area contributed by atoms with E-state index in [2.05, 4.69) is 20.9 Å². The molecule has 3 rings (SSSR count).